The Kier molecular flexibility index (Phi) is 3.54. The number of rotatable bonds is 2. The van der Waals surface area contributed by atoms with Crippen LogP contribution >= 0.6 is 11.6 Å². The Morgan fingerprint density at radius 1 is 1.16 bits per heavy atom. The first-order valence-electron chi connectivity index (χ1n) is 7.47. The molecule has 0 unspecified atom stereocenters. The standard InChI is InChI=1S/C18H12ClN3O3/c1-22-13-8-3-2-7-12(13)15(23)14(18(22)24)17-20-16(21-25-17)10-5-4-6-11(19)9-10/h2-9,23H,1H3. The predicted octanol–water partition coefficient (Wildman–Crippen LogP) is 3.61. The quantitative estimate of drug-likeness (QED) is 0.595. The van der Waals surface area contributed by atoms with E-state index in [1.165, 1.54) is 4.57 Å². The van der Waals surface area contributed by atoms with Crippen LogP contribution in [-0.2, 0) is 7.05 Å². The molecule has 0 saturated carbocycles. The number of nitrogens with zero attached hydrogens (tertiary/aromatic N) is 3. The molecule has 0 amide bonds. The first-order chi connectivity index (χ1) is 12.1. The van der Waals surface area contributed by atoms with Crippen LogP contribution in [0.2, 0.25) is 5.02 Å². The van der Waals surface area contributed by atoms with E-state index in [9.17, 15) is 9.90 Å². The van der Waals surface area contributed by atoms with E-state index in [4.69, 9.17) is 16.1 Å². The van der Waals surface area contributed by atoms with Gasteiger partial charge in [-0.15, -0.1) is 0 Å². The van der Waals surface area contributed by atoms with Crippen molar-refractivity contribution in [2.75, 3.05) is 0 Å². The molecule has 0 fully saturated rings. The summed E-state index contributed by atoms with van der Waals surface area (Å²) in [6.07, 6.45) is 0. The second-order valence-corrected chi connectivity index (χ2v) is 5.97. The molecule has 1 N–H and O–H groups in total. The molecule has 0 aliphatic heterocycles. The summed E-state index contributed by atoms with van der Waals surface area (Å²) in [4.78, 5) is 16.9. The van der Waals surface area contributed by atoms with Gasteiger partial charge in [-0.05, 0) is 24.3 Å². The third kappa shape index (κ3) is 2.47. The summed E-state index contributed by atoms with van der Waals surface area (Å²) in [6.45, 7) is 0. The molecule has 2 heterocycles. The van der Waals surface area contributed by atoms with E-state index >= 15 is 0 Å². The summed E-state index contributed by atoms with van der Waals surface area (Å²) in [5.41, 5.74) is 0.822. The van der Waals surface area contributed by atoms with Gasteiger partial charge in [-0.25, -0.2) is 0 Å². The molecule has 0 aliphatic rings. The molecule has 0 atom stereocenters. The first kappa shape index (κ1) is 15.4. The monoisotopic (exact) mass is 353 g/mol. The lowest BCUT2D eigenvalue weighted by atomic mass is 10.1. The third-order valence-corrected chi connectivity index (χ3v) is 4.23. The van der Waals surface area contributed by atoms with Gasteiger partial charge in [0.2, 0.25) is 5.82 Å². The number of halogens is 1. The summed E-state index contributed by atoms with van der Waals surface area (Å²) in [5.74, 6) is 0.0611. The first-order valence-corrected chi connectivity index (χ1v) is 7.85. The van der Waals surface area contributed by atoms with Crippen molar-refractivity contribution in [3.63, 3.8) is 0 Å². The maximum Gasteiger partial charge on any atom is 0.267 e. The molecule has 0 spiro atoms. The Morgan fingerprint density at radius 3 is 2.76 bits per heavy atom. The summed E-state index contributed by atoms with van der Waals surface area (Å²) in [6, 6.07) is 14.0. The van der Waals surface area contributed by atoms with Crippen LogP contribution in [0.25, 0.3) is 33.7 Å². The molecule has 4 aromatic rings. The van der Waals surface area contributed by atoms with E-state index in [1.807, 2.05) is 0 Å². The second-order valence-electron chi connectivity index (χ2n) is 5.54. The number of benzene rings is 2. The van der Waals surface area contributed by atoms with Gasteiger partial charge < -0.3 is 14.2 Å². The van der Waals surface area contributed by atoms with Crippen molar-refractivity contribution < 1.29 is 9.63 Å². The number of hydrogen-bond acceptors (Lipinski definition) is 5. The lowest BCUT2D eigenvalue weighted by Crippen LogP contribution is -2.19. The molecule has 0 bridgehead atoms. The van der Waals surface area contributed by atoms with Crippen LogP contribution in [0.4, 0.5) is 0 Å². The van der Waals surface area contributed by atoms with Crippen LogP contribution in [0, 0.1) is 0 Å². The zero-order valence-electron chi connectivity index (χ0n) is 13.1. The van der Waals surface area contributed by atoms with Crippen LogP contribution in [0.5, 0.6) is 5.75 Å². The Morgan fingerprint density at radius 2 is 1.96 bits per heavy atom. The van der Waals surface area contributed by atoms with E-state index in [0.717, 1.165) is 0 Å². The van der Waals surface area contributed by atoms with Crippen molar-refractivity contribution in [1.82, 2.24) is 14.7 Å². The van der Waals surface area contributed by atoms with Gasteiger partial charge in [-0.3, -0.25) is 4.79 Å². The molecule has 4 rings (SSSR count). The topological polar surface area (TPSA) is 81.2 Å². The zero-order chi connectivity index (χ0) is 17.6. The van der Waals surface area contributed by atoms with Crippen LogP contribution in [0.3, 0.4) is 0 Å². The van der Waals surface area contributed by atoms with Gasteiger partial charge in [0.25, 0.3) is 11.4 Å². The largest absolute Gasteiger partial charge is 0.506 e. The normalized spacial score (nSPS) is 11.1. The number of hydrogen-bond donors (Lipinski definition) is 1. The lowest BCUT2D eigenvalue weighted by molar-refractivity contribution is 0.425. The summed E-state index contributed by atoms with van der Waals surface area (Å²) in [7, 11) is 1.63. The molecule has 0 aliphatic carbocycles. The highest BCUT2D eigenvalue weighted by Crippen LogP contribution is 2.32. The van der Waals surface area contributed by atoms with Gasteiger partial charge in [0.05, 0.1) is 5.52 Å². The van der Waals surface area contributed by atoms with Gasteiger partial charge in [0.1, 0.15) is 11.3 Å². The Bertz CT molecular complexity index is 1160. The highest BCUT2D eigenvalue weighted by Gasteiger charge is 2.22. The minimum Gasteiger partial charge on any atom is -0.506 e. The number of para-hydroxylation sites is 1. The lowest BCUT2D eigenvalue weighted by Gasteiger charge is -2.09. The maximum absolute atomic E-state index is 12.7. The van der Waals surface area contributed by atoms with Crippen molar-refractivity contribution >= 4 is 22.5 Å². The zero-order valence-corrected chi connectivity index (χ0v) is 13.9. The Balaban J connectivity index is 1.93. The predicted molar refractivity (Wildman–Crippen MR) is 94.6 cm³/mol. The number of fused-ring (bicyclic) bond motifs is 1. The Labute approximate surface area is 146 Å². The number of aryl methyl sites for hydroxylation is 1. The van der Waals surface area contributed by atoms with E-state index < -0.39 is 5.56 Å². The van der Waals surface area contributed by atoms with Crippen LogP contribution < -0.4 is 5.56 Å². The molecule has 7 heteroatoms. The summed E-state index contributed by atoms with van der Waals surface area (Å²) >= 11 is 5.98. The number of pyridine rings is 1. The van der Waals surface area contributed by atoms with Gasteiger partial charge in [-0.1, -0.05) is 41.0 Å². The fourth-order valence-electron chi connectivity index (χ4n) is 2.74. The second kappa shape index (κ2) is 5.75. The van der Waals surface area contributed by atoms with Crippen molar-refractivity contribution in [2.45, 2.75) is 0 Å². The van der Waals surface area contributed by atoms with Crippen molar-refractivity contribution in [3.8, 4) is 28.6 Å². The van der Waals surface area contributed by atoms with Gasteiger partial charge in [0, 0.05) is 23.0 Å². The van der Waals surface area contributed by atoms with Gasteiger partial charge >= 0.3 is 0 Å². The van der Waals surface area contributed by atoms with E-state index in [-0.39, 0.29) is 23.0 Å². The average molecular weight is 354 g/mol. The fourth-order valence-corrected chi connectivity index (χ4v) is 2.93. The fraction of sp³-hybridized carbons (Fsp3) is 0.0556. The van der Waals surface area contributed by atoms with Crippen molar-refractivity contribution in [2.24, 2.45) is 7.05 Å². The highest BCUT2D eigenvalue weighted by molar-refractivity contribution is 6.30. The van der Waals surface area contributed by atoms with Crippen molar-refractivity contribution in [1.29, 1.82) is 0 Å². The maximum atomic E-state index is 12.7. The molecule has 6 nitrogen and oxygen atoms in total. The summed E-state index contributed by atoms with van der Waals surface area (Å²) in [5, 5.41) is 15.5. The molecular formula is C18H12ClN3O3. The van der Waals surface area contributed by atoms with Crippen LogP contribution in [-0.4, -0.2) is 19.8 Å². The summed E-state index contributed by atoms with van der Waals surface area (Å²) < 4.78 is 6.67. The average Bonchev–Trinajstić information content (AvgIpc) is 3.10. The molecule has 25 heavy (non-hydrogen) atoms. The van der Waals surface area contributed by atoms with E-state index in [2.05, 4.69) is 10.1 Å². The smallest absolute Gasteiger partial charge is 0.267 e. The minimum absolute atomic E-state index is 0.0259. The number of aromatic nitrogens is 3. The SMILES string of the molecule is Cn1c(=O)c(-c2nc(-c3cccc(Cl)c3)no2)c(O)c2ccccc21. The third-order valence-electron chi connectivity index (χ3n) is 4.00. The molecule has 0 saturated heterocycles. The molecular weight excluding hydrogens is 342 g/mol. The molecule has 2 aromatic carbocycles. The van der Waals surface area contributed by atoms with Crippen molar-refractivity contribution in [3.05, 3.63) is 63.9 Å². The van der Waals surface area contributed by atoms with Gasteiger partial charge in [-0.2, -0.15) is 4.98 Å². The van der Waals surface area contributed by atoms with Gasteiger partial charge in [0.15, 0.2) is 0 Å². The molecule has 0 radical (unpaired) electrons. The Hall–Kier alpha value is -3.12. The van der Waals surface area contributed by atoms with Crippen LogP contribution in [0.15, 0.2) is 57.8 Å². The van der Waals surface area contributed by atoms with E-state index in [0.29, 0.717) is 21.5 Å². The van der Waals surface area contributed by atoms with E-state index in [1.54, 1.807) is 55.6 Å². The minimum atomic E-state index is -0.419. The molecule has 2 aromatic heterocycles. The van der Waals surface area contributed by atoms with Crippen LogP contribution in [0.1, 0.15) is 0 Å². The molecule has 124 valence electrons. The highest BCUT2D eigenvalue weighted by atomic mass is 35.5. The number of aromatic hydroxyl groups is 1.